The standard InChI is InChI=1S/C20H14N4O4/c21-10-13(11-22)12-23-16-5-1-14(2-6-16)18(25)9-19(26)24-17-7-3-15(4-8-17)20(27)28/h1-8,12,23H,9H2,(H,24,26)(H,27,28). The second-order valence-corrected chi connectivity index (χ2v) is 5.53. The molecular weight excluding hydrogens is 360 g/mol. The van der Waals surface area contributed by atoms with Crippen molar-refractivity contribution in [3.05, 3.63) is 71.4 Å². The second kappa shape index (κ2) is 9.32. The topological polar surface area (TPSA) is 143 Å². The lowest BCUT2D eigenvalue weighted by molar-refractivity contribution is -0.115. The summed E-state index contributed by atoms with van der Waals surface area (Å²) in [6.07, 6.45) is 0.875. The Morgan fingerprint density at radius 2 is 1.43 bits per heavy atom. The van der Waals surface area contributed by atoms with Gasteiger partial charge in [0.05, 0.1) is 12.0 Å². The van der Waals surface area contributed by atoms with Gasteiger partial charge in [0, 0.05) is 23.1 Å². The fraction of sp³-hybridized carbons (Fsp3) is 0.0500. The van der Waals surface area contributed by atoms with Crippen molar-refractivity contribution in [2.45, 2.75) is 6.42 Å². The first-order chi connectivity index (χ1) is 13.4. The summed E-state index contributed by atoms with van der Waals surface area (Å²) in [5, 5.41) is 31.4. The molecule has 2 aromatic carbocycles. The molecule has 0 aliphatic rings. The molecule has 8 nitrogen and oxygen atoms in total. The van der Waals surface area contributed by atoms with Gasteiger partial charge in [0.1, 0.15) is 17.7 Å². The first-order valence-electron chi connectivity index (χ1n) is 7.96. The highest BCUT2D eigenvalue weighted by atomic mass is 16.4. The van der Waals surface area contributed by atoms with Crippen LogP contribution in [0.2, 0.25) is 0 Å². The number of carbonyl (C=O) groups is 3. The van der Waals surface area contributed by atoms with E-state index in [-0.39, 0.29) is 17.6 Å². The quantitative estimate of drug-likeness (QED) is 0.384. The fourth-order valence-electron chi connectivity index (χ4n) is 2.15. The van der Waals surface area contributed by atoms with Crippen LogP contribution in [-0.4, -0.2) is 22.8 Å². The van der Waals surface area contributed by atoms with Crippen molar-refractivity contribution in [2.24, 2.45) is 0 Å². The van der Waals surface area contributed by atoms with E-state index in [1.54, 1.807) is 24.3 Å². The third-order valence-corrected chi connectivity index (χ3v) is 3.57. The zero-order valence-electron chi connectivity index (χ0n) is 14.5. The number of carboxylic acids is 1. The largest absolute Gasteiger partial charge is 0.478 e. The van der Waals surface area contributed by atoms with E-state index in [9.17, 15) is 14.4 Å². The first kappa shape index (κ1) is 19.9. The molecule has 0 radical (unpaired) electrons. The fourth-order valence-corrected chi connectivity index (χ4v) is 2.15. The smallest absolute Gasteiger partial charge is 0.335 e. The number of carboxylic acid groups (broad SMARTS) is 1. The van der Waals surface area contributed by atoms with E-state index in [0.29, 0.717) is 16.9 Å². The van der Waals surface area contributed by atoms with Gasteiger partial charge in [0.25, 0.3) is 0 Å². The molecular formula is C20H14N4O4. The van der Waals surface area contributed by atoms with Gasteiger partial charge in [-0.15, -0.1) is 0 Å². The van der Waals surface area contributed by atoms with Crippen LogP contribution >= 0.6 is 0 Å². The van der Waals surface area contributed by atoms with E-state index in [4.69, 9.17) is 15.6 Å². The average molecular weight is 374 g/mol. The van der Waals surface area contributed by atoms with E-state index in [1.807, 2.05) is 0 Å². The van der Waals surface area contributed by atoms with Crippen molar-refractivity contribution in [2.75, 3.05) is 10.6 Å². The summed E-state index contributed by atoms with van der Waals surface area (Å²) in [6, 6.07) is 15.2. The van der Waals surface area contributed by atoms with Gasteiger partial charge in [-0.1, -0.05) is 0 Å². The monoisotopic (exact) mass is 374 g/mol. The number of hydrogen-bond donors (Lipinski definition) is 3. The van der Waals surface area contributed by atoms with Crippen molar-refractivity contribution in [1.29, 1.82) is 10.5 Å². The van der Waals surface area contributed by atoms with Crippen LogP contribution in [0.15, 0.2) is 60.3 Å². The predicted molar refractivity (Wildman–Crippen MR) is 100 cm³/mol. The van der Waals surface area contributed by atoms with Crippen LogP contribution in [0.25, 0.3) is 0 Å². The minimum Gasteiger partial charge on any atom is -0.478 e. The molecule has 2 aromatic rings. The Morgan fingerprint density at radius 3 is 1.96 bits per heavy atom. The zero-order valence-corrected chi connectivity index (χ0v) is 14.5. The van der Waals surface area contributed by atoms with Gasteiger partial charge >= 0.3 is 5.97 Å². The van der Waals surface area contributed by atoms with Crippen molar-refractivity contribution in [1.82, 2.24) is 0 Å². The highest BCUT2D eigenvalue weighted by Gasteiger charge is 2.12. The Hall–Kier alpha value is -4.43. The number of nitrogens with zero attached hydrogens (tertiary/aromatic N) is 2. The first-order valence-corrected chi connectivity index (χ1v) is 7.96. The summed E-state index contributed by atoms with van der Waals surface area (Å²) < 4.78 is 0. The van der Waals surface area contributed by atoms with Gasteiger partial charge in [-0.2, -0.15) is 10.5 Å². The number of benzene rings is 2. The summed E-state index contributed by atoms with van der Waals surface area (Å²) in [5.41, 5.74) is 1.29. The van der Waals surface area contributed by atoms with Crippen LogP contribution < -0.4 is 10.6 Å². The number of aromatic carboxylic acids is 1. The SMILES string of the molecule is N#CC(C#N)=CNc1ccc(C(=O)CC(=O)Nc2ccc(C(=O)O)cc2)cc1. The van der Waals surface area contributed by atoms with Gasteiger partial charge in [-0.25, -0.2) is 4.79 Å². The maximum atomic E-state index is 12.2. The summed E-state index contributed by atoms with van der Waals surface area (Å²) >= 11 is 0. The van der Waals surface area contributed by atoms with Gasteiger partial charge < -0.3 is 15.7 Å². The summed E-state index contributed by atoms with van der Waals surface area (Å²) in [7, 11) is 0. The third-order valence-electron chi connectivity index (χ3n) is 3.57. The molecule has 0 aromatic heterocycles. The number of allylic oxidation sites excluding steroid dienone is 1. The van der Waals surface area contributed by atoms with Gasteiger partial charge in [-0.05, 0) is 48.5 Å². The van der Waals surface area contributed by atoms with Crippen LogP contribution in [0, 0.1) is 22.7 Å². The highest BCUT2D eigenvalue weighted by molar-refractivity contribution is 6.11. The van der Waals surface area contributed by atoms with E-state index in [2.05, 4.69) is 10.6 Å². The Kier molecular flexibility index (Phi) is 6.62. The number of anilines is 2. The Morgan fingerprint density at radius 1 is 0.893 bits per heavy atom. The van der Waals surface area contributed by atoms with E-state index < -0.39 is 17.7 Å². The number of nitriles is 2. The highest BCUT2D eigenvalue weighted by Crippen LogP contribution is 2.13. The molecule has 138 valence electrons. The van der Waals surface area contributed by atoms with Crippen LogP contribution in [-0.2, 0) is 4.79 Å². The molecule has 0 spiro atoms. The number of rotatable bonds is 7. The number of carbonyl (C=O) groups excluding carboxylic acids is 2. The Balaban J connectivity index is 1.94. The molecule has 0 bridgehead atoms. The molecule has 3 N–H and O–H groups in total. The zero-order chi connectivity index (χ0) is 20.5. The normalized spacial score (nSPS) is 9.36. The molecule has 0 unspecified atom stereocenters. The molecule has 1 amide bonds. The van der Waals surface area contributed by atoms with E-state index in [1.165, 1.54) is 42.6 Å². The Labute approximate surface area is 160 Å². The summed E-state index contributed by atoms with van der Waals surface area (Å²) in [5.74, 6) is -1.99. The minimum absolute atomic E-state index is 0.0896. The molecule has 28 heavy (non-hydrogen) atoms. The van der Waals surface area contributed by atoms with Crippen molar-refractivity contribution < 1.29 is 19.5 Å². The van der Waals surface area contributed by atoms with Crippen molar-refractivity contribution in [3.8, 4) is 12.1 Å². The minimum atomic E-state index is -1.07. The lowest BCUT2D eigenvalue weighted by Crippen LogP contribution is -2.16. The van der Waals surface area contributed by atoms with Crippen molar-refractivity contribution in [3.63, 3.8) is 0 Å². The molecule has 0 saturated heterocycles. The number of amides is 1. The van der Waals surface area contributed by atoms with Crippen molar-refractivity contribution >= 4 is 29.0 Å². The second-order valence-electron chi connectivity index (χ2n) is 5.53. The van der Waals surface area contributed by atoms with Crippen LogP contribution in [0.5, 0.6) is 0 Å². The summed E-state index contributed by atoms with van der Waals surface area (Å²) in [4.78, 5) is 35.0. The molecule has 0 aliphatic heterocycles. The maximum absolute atomic E-state index is 12.2. The number of hydrogen-bond acceptors (Lipinski definition) is 6. The van der Waals surface area contributed by atoms with Gasteiger partial charge in [-0.3, -0.25) is 9.59 Å². The van der Waals surface area contributed by atoms with Crippen LogP contribution in [0.4, 0.5) is 11.4 Å². The van der Waals surface area contributed by atoms with E-state index in [0.717, 1.165) is 0 Å². The molecule has 8 heteroatoms. The molecule has 0 fully saturated rings. The number of Topliss-reactive ketones (excluding diaryl/α,β-unsaturated/α-hetero) is 1. The third kappa shape index (κ3) is 5.55. The Bertz CT molecular complexity index is 994. The molecule has 2 rings (SSSR count). The lowest BCUT2D eigenvalue weighted by atomic mass is 10.1. The molecule has 0 saturated carbocycles. The number of ketones is 1. The molecule has 0 heterocycles. The molecule has 0 atom stereocenters. The van der Waals surface area contributed by atoms with Gasteiger partial charge in [0.15, 0.2) is 5.78 Å². The average Bonchev–Trinajstić information content (AvgIpc) is 2.69. The summed E-state index contributed by atoms with van der Waals surface area (Å²) in [6.45, 7) is 0. The van der Waals surface area contributed by atoms with E-state index >= 15 is 0 Å². The van der Waals surface area contributed by atoms with Crippen LogP contribution in [0.3, 0.4) is 0 Å². The van der Waals surface area contributed by atoms with Gasteiger partial charge in [0.2, 0.25) is 5.91 Å². The molecule has 0 aliphatic carbocycles. The predicted octanol–water partition coefficient (Wildman–Crippen LogP) is 2.94. The maximum Gasteiger partial charge on any atom is 0.335 e. The lowest BCUT2D eigenvalue weighted by Gasteiger charge is -2.06. The van der Waals surface area contributed by atoms with Crippen LogP contribution in [0.1, 0.15) is 27.1 Å². The number of nitrogens with one attached hydrogen (secondary N) is 2.